The van der Waals surface area contributed by atoms with Crippen LogP contribution in [0.4, 0.5) is 17.5 Å². The Balaban J connectivity index is 0.000000125. The molecule has 6 aliphatic rings. The predicted molar refractivity (Wildman–Crippen MR) is 265 cm³/mol. The Morgan fingerprint density at radius 1 is 0.582 bits per heavy atom. The molecule has 0 unspecified atom stereocenters. The molecule has 6 fully saturated rings. The van der Waals surface area contributed by atoms with Crippen molar-refractivity contribution < 1.29 is 0 Å². The fourth-order valence-electron chi connectivity index (χ4n) is 13.3. The van der Waals surface area contributed by atoms with Crippen LogP contribution in [0.2, 0.25) is 0 Å². The molecule has 3 saturated carbocycles. The normalized spacial score (nSPS) is 30.7. The number of rotatable bonds is 8. The summed E-state index contributed by atoms with van der Waals surface area (Å²) in [5.41, 5.74) is 3.81. The van der Waals surface area contributed by atoms with Gasteiger partial charge in [-0.3, -0.25) is 9.80 Å². The minimum absolute atomic E-state index is 0. The van der Waals surface area contributed by atoms with E-state index in [9.17, 15) is 0 Å². The van der Waals surface area contributed by atoms with Gasteiger partial charge in [0.15, 0.2) is 0 Å². The highest BCUT2D eigenvalue weighted by atomic mass is 35.5. The summed E-state index contributed by atoms with van der Waals surface area (Å²) >= 11 is 0. The van der Waals surface area contributed by atoms with Crippen LogP contribution in [0.1, 0.15) is 59.3 Å². The maximum Gasteiger partial charge on any atom is 0.142 e. The molecule has 12 rings (SSSR count). The first kappa shape index (κ1) is 46.5. The summed E-state index contributed by atoms with van der Waals surface area (Å²) in [5.74, 6) is 5.23. The van der Waals surface area contributed by atoms with Crippen molar-refractivity contribution >= 4 is 63.0 Å². The molecule has 0 radical (unpaired) electrons. The van der Waals surface area contributed by atoms with E-state index in [0.717, 1.165) is 102 Å². The maximum absolute atomic E-state index is 8.93. The molecule has 18 heteroatoms. The molecule has 9 heterocycles. The molecule has 354 valence electrons. The van der Waals surface area contributed by atoms with Crippen molar-refractivity contribution in [1.82, 2.24) is 60.0 Å². The Kier molecular flexibility index (Phi) is 12.8. The summed E-state index contributed by atoms with van der Waals surface area (Å²) in [6.45, 7) is 14.8. The number of aromatic amines is 3. The van der Waals surface area contributed by atoms with Crippen molar-refractivity contribution in [1.29, 1.82) is 10.5 Å². The zero-order chi connectivity index (χ0) is 45.8. The van der Waals surface area contributed by atoms with E-state index in [1.54, 1.807) is 19.0 Å². The molecule has 0 bridgehead atoms. The first-order valence-electron chi connectivity index (χ1n) is 23.8. The van der Waals surface area contributed by atoms with E-state index in [-0.39, 0.29) is 12.4 Å². The van der Waals surface area contributed by atoms with Crippen LogP contribution in [0.25, 0.3) is 33.1 Å². The molecule has 3 aliphatic carbocycles. The third kappa shape index (κ3) is 8.64. The second-order valence-corrected chi connectivity index (χ2v) is 21.3. The number of hydrogen-bond donors (Lipinski definition) is 4. The SMILES string of the molecule is CN(c1ncnc2[nH]ccc12)[C@@H]1C[C@@H]2CN(CC#N)C[C@]2(C)C1.CN(c1ncnc2[nH]ccc12)[C@@H]1C[C@@H]2CN(CC#N)C[C@]2(C)C1.CN(c1ncnc2[nH]ccc12)[C@@H]1C[C@@H]2CNC[C@]2(C)C1.Cl. The van der Waals surface area contributed by atoms with Crippen LogP contribution in [-0.2, 0) is 0 Å². The Bertz CT molecular complexity index is 2630. The molecule has 6 aromatic rings. The lowest BCUT2D eigenvalue weighted by Crippen LogP contribution is -2.34. The smallest absolute Gasteiger partial charge is 0.142 e. The summed E-state index contributed by atoms with van der Waals surface area (Å²) in [5, 5.41) is 24.7. The molecule has 4 N–H and O–H groups in total. The van der Waals surface area contributed by atoms with Crippen molar-refractivity contribution in [3.8, 4) is 12.1 Å². The number of likely N-dealkylation sites (tertiary alicyclic amines) is 2. The Morgan fingerprint density at radius 2 is 0.955 bits per heavy atom. The van der Waals surface area contributed by atoms with Gasteiger partial charge in [0.25, 0.3) is 0 Å². The minimum Gasteiger partial charge on any atom is -0.356 e. The summed E-state index contributed by atoms with van der Waals surface area (Å²) in [4.78, 5) is 47.5. The molecule has 0 amide bonds. The first-order chi connectivity index (χ1) is 31.9. The van der Waals surface area contributed by atoms with Crippen LogP contribution in [0.15, 0.2) is 55.8 Å². The van der Waals surface area contributed by atoms with Gasteiger partial charge in [0.2, 0.25) is 0 Å². The zero-order valence-corrected chi connectivity index (χ0v) is 40.6. The third-order valence-corrected chi connectivity index (χ3v) is 17.0. The summed E-state index contributed by atoms with van der Waals surface area (Å²) in [7, 11) is 6.48. The van der Waals surface area contributed by atoms with E-state index in [1.165, 1.54) is 32.2 Å². The molecule has 3 aliphatic heterocycles. The first-order valence-corrected chi connectivity index (χ1v) is 23.8. The molecule has 17 nitrogen and oxygen atoms in total. The van der Waals surface area contributed by atoms with Gasteiger partial charge < -0.3 is 35.0 Å². The zero-order valence-electron chi connectivity index (χ0n) is 39.8. The van der Waals surface area contributed by atoms with Gasteiger partial charge in [0.1, 0.15) is 53.4 Å². The molecular formula is C49H66ClN17. The highest BCUT2D eigenvalue weighted by Crippen LogP contribution is 2.52. The second-order valence-electron chi connectivity index (χ2n) is 21.3. The maximum atomic E-state index is 8.93. The van der Waals surface area contributed by atoms with Crippen LogP contribution >= 0.6 is 12.4 Å². The monoisotopic (exact) mass is 928 g/mol. The van der Waals surface area contributed by atoms with Crippen molar-refractivity contribution in [2.24, 2.45) is 34.0 Å². The number of nitrogens with zero attached hydrogens (tertiary/aromatic N) is 13. The summed E-state index contributed by atoms with van der Waals surface area (Å²) in [6.07, 6.45) is 17.9. The molecule has 67 heavy (non-hydrogen) atoms. The predicted octanol–water partition coefficient (Wildman–Crippen LogP) is 6.24. The third-order valence-electron chi connectivity index (χ3n) is 17.0. The van der Waals surface area contributed by atoms with Crippen molar-refractivity contribution in [2.75, 3.05) is 88.2 Å². The average molecular weight is 929 g/mol. The number of hydrogen-bond acceptors (Lipinski definition) is 14. The molecular weight excluding hydrogens is 862 g/mol. The Hall–Kier alpha value is -5.59. The largest absolute Gasteiger partial charge is 0.356 e. The molecule has 3 saturated heterocycles. The standard InChI is InChI=1S/2C17H22N6.C15H21N5.ClH/c2*1-17-8-13(7-12(17)9-23(10-17)6-4-18)22(2)16-14-3-5-19-15(14)20-11-21-16;1-15-6-11(5-10(15)7-16-8-15)20(2)14-12-3-4-17-13(12)18-9-19-14;/h2*3,5,11-13H,6-10H2,1-2H3,(H,19,20,21);3-4,9-11,16H,5-8H2,1-2H3,(H,17,18,19);1H/t2*12-,13-,17+;10-,11-,15+;/m111./s1. The Labute approximate surface area is 399 Å². The van der Waals surface area contributed by atoms with E-state index in [2.05, 4.69) is 135 Å². The van der Waals surface area contributed by atoms with E-state index in [1.807, 2.05) is 30.7 Å². The summed E-state index contributed by atoms with van der Waals surface area (Å²) in [6, 6.07) is 12.3. The molecule has 0 spiro atoms. The summed E-state index contributed by atoms with van der Waals surface area (Å²) < 4.78 is 0. The number of halogens is 1. The van der Waals surface area contributed by atoms with Crippen molar-refractivity contribution in [3.05, 3.63) is 55.8 Å². The number of nitriles is 2. The van der Waals surface area contributed by atoms with Crippen LogP contribution in [0.3, 0.4) is 0 Å². The molecule has 9 atom stereocenters. The van der Waals surface area contributed by atoms with Gasteiger partial charge in [-0.15, -0.1) is 12.4 Å². The van der Waals surface area contributed by atoms with E-state index in [4.69, 9.17) is 10.5 Å². The number of fused-ring (bicyclic) bond motifs is 6. The quantitative estimate of drug-likeness (QED) is 0.125. The Morgan fingerprint density at radius 3 is 1.31 bits per heavy atom. The average Bonchev–Trinajstić information content (AvgIpc) is 4.16. The van der Waals surface area contributed by atoms with Gasteiger partial charge >= 0.3 is 0 Å². The molecule has 6 aromatic heterocycles. The van der Waals surface area contributed by atoms with Gasteiger partial charge in [0.05, 0.1) is 41.4 Å². The van der Waals surface area contributed by atoms with Gasteiger partial charge in [-0.25, -0.2) is 29.9 Å². The minimum atomic E-state index is 0. The van der Waals surface area contributed by atoms with Gasteiger partial charge in [-0.2, -0.15) is 10.5 Å². The lowest BCUT2D eigenvalue weighted by molar-refractivity contribution is 0.275. The number of nitrogens with one attached hydrogen (secondary N) is 4. The van der Waals surface area contributed by atoms with Crippen LogP contribution in [-0.4, -0.2) is 146 Å². The van der Waals surface area contributed by atoms with Crippen LogP contribution in [0.5, 0.6) is 0 Å². The van der Waals surface area contributed by atoms with E-state index < -0.39 is 0 Å². The van der Waals surface area contributed by atoms with E-state index >= 15 is 0 Å². The lowest BCUT2D eigenvalue weighted by Gasteiger charge is -2.29. The van der Waals surface area contributed by atoms with Crippen molar-refractivity contribution in [2.45, 2.75) is 77.4 Å². The van der Waals surface area contributed by atoms with Gasteiger partial charge in [-0.1, -0.05) is 20.8 Å². The topological polar surface area (TPSA) is 201 Å². The number of aromatic nitrogens is 9. The number of H-pyrrole nitrogens is 3. The van der Waals surface area contributed by atoms with E-state index in [0.29, 0.717) is 59.3 Å². The van der Waals surface area contributed by atoms with Crippen LogP contribution < -0.4 is 20.0 Å². The fourth-order valence-corrected chi connectivity index (χ4v) is 13.3. The molecule has 0 aromatic carbocycles. The van der Waals surface area contributed by atoms with Gasteiger partial charge in [0, 0.05) is 90.6 Å². The van der Waals surface area contributed by atoms with Crippen LogP contribution in [0, 0.1) is 56.7 Å². The highest BCUT2D eigenvalue weighted by Gasteiger charge is 2.52. The van der Waals surface area contributed by atoms with Crippen molar-refractivity contribution in [3.63, 3.8) is 0 Å². The number of anilines is 3. The highest BCUT2D eigenvalue weighted by molar-refractivity contribution is 5.89. The lowest BCUT2D eigenvalue weighted by atomic mass is 9.83. The van der Waals surface area contributed by atoms with Gasteiger partial charge in [-0.05, 0) is 97.3 Å². The fraction of sp³-hybridized carbons (Fsp3) is 0.592. The second kappa shape index (κ2) is 18.5.